The topological polar surface area (TPSA) is 44.1 Å². The Balaban J connectivity index is 2.58. The smallest absolute Gasteiger partial charge is 0.223 e. The Kier molecular flexibility index (Phi) is 3.62. The number of alkyl halides is 1. The highest BCUT2D eigenvalue weighted by Gasteiger charge is 2.37. The standard InChI is InChI=1S/C11H17ClN2O/c1-11(2,3)8-4-10(15)14(6-8)7-9(12)5-13/h8-9H,4,6-7H2,1-3H3. The van der Waals surface area contributed by atoms with Crippen LogP contribution in [-0.4, -0.2) is 29.3 Å². The summed E-state index contributed by atoms with van der Waals surface area (Å²) in [6.07, 6.45) is 0.582. The third-order valence-electron chi connectivity index (χ3n) is 2.96. The van der Waals surface area contributed by atoms with E-state index in [-0.39, 0.29) is 11.3 Å². The second-order valence-electron chi connectivity index (χ2n) is 5.16. The normalized spacial score (nSPS) is 24.1. The summed E-state index contributed by atoms with van der Waals surface area (Å²) in [4.78, 5) is 13.3. The second-order valence-corrected chi connectivity index (χ2v) is 5.69. The van der Waals surface area contributed by atoms with Gasteiger partial charge >= 0.3 is 0 Å². The molecule has 84 valence electrons. The first-order valence-electron chi connectivity index (χ1n) is 5.16. The molecule has 0 aromatic carbocycles. The largest absolute Gasteiger partial charge is 0.340 e. The molecule has 3 nitrogen and oxygen atoms in total. The number of halogens is 1. The summed E-state index contributed by atoms with van der Waals surface area (Å²) in [5, 5.41) is 8.00. The van der Waals surface area contributed by atoms with Crippen molar-refractivity contribution >= 4 is 17.5 Å². The quantitative estimate of drug-likeness (QED) is 0.679. The van der Waals surface area contributed by atoms with Crippen molar-refractivity contribution in [1.82, 2.24) is 4.90 Å². The Bertz CT molecular complexity index is 290. The maximum atomic E-state index is 11.6. The van der Waals surface area contributed by atoms with E-state index in [9.17, 15) is 4.79 Å². The molecule has 0 saturated carbocycles. The van der Waals surface area contributed by atoms with E-state index in [0.29, 0.717) is 18.9 Å². The Morgan fingerprint density at radius 3 is 2.67 bits per heavy atom. The summed E-state index contributed by atoms with van der Waals surface area (Å²) in [6, 6.07) is 1.94. The maximum absolute atomic E-state index is 11.6. The Hall–Kier alpha value is -0.750. The van der Waals surface area contributed by atoms with Crippen LogP contribution < -0.4 is 0 Å². The van der Waals surface area contributed by atoms with Gasteiger partial charge in [-0.2, -0.15) is 5.26 Å². The fraction of sp³-hybridized carbons (Fsp3) is 0.818. The zero-order valence-corrected chi connectivity index (χ0v) is 10.2. The molecule has 0 aromatic rings. The van der Waals surface area contributed by atoms with Crippen molar-refractivity contribution in [2.45, 2.75) is 32.6 Å². The van der Waals surface area contributed by atoms with E-state index < -0.39 is 5.38 Å². The summed E-state index contributed by atoms with van der Waals surface area (Å²) in [6.45, 7) is 7.49. The van der Waals surface area contributed by atoms with Crippen molar-refractivity contribution in [3.05, 3.63) is 0 Å². The molecule has 2 unspecified atom stereocenters. The highest BCUT2D eigenvalue weighted by atomic mass is 35.5. The van der Waals surface area contributed by atoms with Crippen LogP contribution in [0.15, 0.2) is 0 Å². The molecule has 1 aliphatic heterocycles. The van der Waals surface area contributed by atoms with Crippen molar-refractivity contribution in [3.8, 4) is 6.07 Å². The number of rotatable bonds is 2. The number of likely N-dealkylation sites (tertiary alicyclic amines) is 1. The van der Waals surface area contributed by atoms with Gasteiger partial charge in [0.05, 0.1) is 12.6 Å². The van der Waals surface area contributed by atoms with Gasteiger partial charge in [0, 0.05) is 13.0 Å². The zero-order valence-electron chi connectivity index (χ0n) is 9.46. The van der Waals surface area contributed by atoms with E-state index in [1.807, 2.05) is 6.07 Å². The third kappa shape index (κ3) is 3.10. The van der Waals surface area contributed by atoms with Gasteiger partial charge in [-0.15, -0.1) is 11.6 Å². The van der Waals surface area contributed by atoms with Crippen molar-refractivity contribution < 1.29 is 4.79 Å². The number of hydrogen-bond acceptors (Lipinski definition) is 2. The van der Waals surface area contributed by atoms with E-state index in [4.69, 9.17) is 16.9 Å². The third-order valence-corrected chi connectivity index (χ3v) is 3.20. The van der Waals surface area contributed by atoms with Crippen LogP contribution in [0.25, 0.3) is 0 Å². The predicted octanol–water partition coefficient (Wildman–Crippen LogP) is 2.01. The first-order valence-corrected chi connectivity index (χ1v) is 5.59. The molecule has 0 aromatic heterocycles. The van der Waals surface area contributed by atoms with Crippen molar-refractivity contribution in [2.24, 2.45) is 11.3 Å². The molecule has 4 heteroatoms. The van der Waals surface area contributed by atoms with Gasteiger partial charge in [0.15, 0.2) is 0 Å². The van der Waals surface area contributed by atoms with Crippen LogP contribution in [0.5, 0.6) is 0 Å². The molecule has 1 rings (SSSR count). The van der Waals surface area contributed by atoms with Gasteiger partial charge in [-0.1, -0.05) is 20.8 Å². The number of nitrogens with zero attached hydrogens (tertiary/aromatic N) is 2. The summed E-state index contributed by atoms with van der Waals surface area (Å²) in [5.41, 5.74) is 0.138. The SMILES string of the molecule is CC(C)(C)C1CC(=O)N(CC(Cl)C#N)C1. The van der Waals surface area contributed by atoms with E-state index in [1.165, 1.54) is 0 Å². The van der Waals surface area contributed by atoms with Crippen LogP contribution in [0, 0.1) is 22.7 Å². The van der Waals surface area contributed by atoms with Crippen molar-refractivity contribution in [2.75, 3.05) is 13.1 Å². The van der Waals surface area contributed by atoms with Crippen LogP contribution in [0.1, 0.15) is 27.2 Å². The molecule has 1 saturated heterocycles. The maximum Gasteiger partial charge on any atom is 0.223 e. The minimum atomic E-state index is -0.590. The molecular weight excluding hydrogens is 212 g/mol. The Labute approximate surface area is 96.0 Å². The summed E-state index contributed by atoms with van der Waals surface area (Å²) in [7, 11) is 0. The monoisotopic (exact) mass is 228 g/mol. The number of hydrogen-bond donors (Lipinski definition) is 0. The lowest BCUT2D eigenvalue weighted by Gasteiger charge is -2.26. The van der Waals surface area contributed by atoms with Gasteiger partial charge in [-0.05, 0) is 11.3 Å². The van der Waals surface area contributed by atoms with Gasteiger partial charge < -0.3 is 4.90 Å². The van der Waals surface area contributed by atoms with Crippen molar-refractivity contribution in [1.29, 1.82) is 5.26 Å². The molecule has 0 radical (unpaired) electrons. The number of carbonyl (C=O) groups excluding carboxylic acids is 1. The number of amides is 1. The number of nitriles is 1. The fourth-order valence-corrected chi connectivity index (χ4v) is 1.93. The molecule has 2 atom stereocenters. The van der Waals surface area contributed by atoms with Crippen LogP contribution in [0.4, 0.5) is 0 Å². The minimum Gasteiger partial charge on any atom is -0.340 e. The minimum absolute atomic E-state index is 0.121. The van der Waals surface area contributed by atoms with Gasteiger partial charge in [0.25, 0.3) is 0 Å². The molecule has 15 heavy (non-hydrogen) atoms. The molecule has 0 bridgehead atoms. The summed E-state index contributed by atoms with van der Waals surface area (Å²) < 4.78 is 0. The Morgan fingerprint density at radius 1 is 1.67 bits per heavy atom. The molecule has 1 amide bonds. The molecule has 0 spiro atoms. The molecule has 0 aliphatic carbocycles. The fourth-order valence-electron chi connectivity index (χ4n) is 1.76. The summed E-state index contributed by atoms with van der Waals surface area (Å²) >= 11 is 5.72. The highest BCUT2D eigenvalue weighted by Crippen LogP contribution is 2.34. The van der Waals surface area contributed by atoms with Crippen LogP contribution >= 0.6 is 11.6 Å². The second kappa shape index (κ2) is 4.40. The van der Waals surface area contributed by atoms with E-state index in [1.54, 1.807) is 4.90 Å². The lowest BCUT2D eigenvalue weighted by atomic mass is 9.80. The average molecular weight is 229 g/mol. The molecule has 0 N–H and O–H groups in total. The average Bonchev–Trinajstić information content (AvgIpc) is 2.47. The summed E-state index contributed by atoms with van der Waals surface area (Å²) in [5.74, 6) is 0.489. The predicted molar refractivity (Wildman–Crippen MR) is 59.4 cm³/mol. The van der Waals surface area contributed by atoms with Gasteiger partial charge in [0.2, 0.25) is 5.91 Å². The lowest BCUT2D eigenvalue weighted by Crippen LogP contribution is -2.32. The first-order chi connectivity index (χ1) is 6.84. The Morgan fingerprint density at radius 2 is 2.27 bits per heavy atom. The van der Waals surface area contributed by atoms with E-state index >= 15 is 0 Å². The van der Waals surface area contributed by atoms with E-state index in [2.05, 4.69) is 20.8 Å². The van der Waals surface area contributed by atoms with Crippen LogP contribution in [0.2, 0.25) is 0 Å². The highest BCUT2D eigenvalue weighted by molar-refractivity contribution is 6.22. The molecule has 1 fully saturated rings. The van der Waals surface area contributed by atoms with E-state index in [0.717, 1.165) is 6.54 Å². The lowest BCUT2D eigenvalue weighted by molar-refractivity contribution is -0.127. The molecule has 1 aliphatic rings. The molecular formula is C11H17ClN2O. The van der Waals surface area contributed by atoms with Gasteiger partial charge in [0.1, 0.15) is 5.38 Å². The first kappa shape index (κ1) is 12.3. The van der Waals surface area contributed by atoms with Crippen LogP contribution in [0.3, 0.4) is 0 Å². The van der Waals surface area contributed by atoms with Gasteiger partial charge in [-0.3, -0.25) is 4.79 Å². The zero-order chi connectivity index (χ0) is 11.6. The molecule has 1 heterocycles. The van der Waals surface area contributed by atoms with Crippen molar-refractivity contribution in [3.63, 3.8) is 0 Å². The number of carbonyl (C=O) groups is 1. The van der Waals surface area contributed by atoms with Crippen LogP contribution in [-0.2, 0) is 4.79 Å². The van der Waals surface area contributed by atoms with Gasteiger partial charge in [-0.25, -0.2) is 0 Å².